The first-order valence-corrected chi connectivity index (χ1v) is 5.89. The van der Waals surface area contributed by atoms with Gasteiger partial charge in [0, 0.05) is 23.3 Å². The summed E-state index contributed by atoms with van der Waals surface area (Å²) in [7, 11) is 0. The minimum absolute atomic E-state index is 0.0700. The van der Waals surface area contributed by atoms with E-state index >= 15 is 0 Å². The third-order valence-corrected chi connectivity index (χ3v) is 3.03. The quantitative estimate of drug-likeness (QED) is 0.651. The number of halogens is 1. The van der Waals surface area contributed by atoms with Gasteiger partial charge in [0.15, 0.2) is 5.78 Å². The summed E-state index contributed by atoms with van der Waals surface area (Å²) in [6.45, 7) is 0. The van der Waals surface area contributed by atoms with Crippen molar-refractivity contribution in [1.29, 1.82) is 0 Å². The first-order chi connectivity index (χ1) is 9.27. The highest BCUT2D eigenvalue weighted by Crippen LogP contribution is 2.21. The number of hydrogen-bond acceptors (Lipinski definition) is 2. The van der Waals surface area contributed by atoms with Gasteiger partial charge in [0.25, 0.3) is 0 Å². The lowest BCUT2D eigenvalue weighted by molar-refractivity contribution is 0.103. The van der Waals surface area contributed by atoms with Crippen LogP contribution in [0.25, 0.3) is 10.8 Å². The molecule has 0 aliphatic heterocycles. The Hall–Kier alpha value is -2.55. The molecular weight excluding hydrogens is 241 g/mol. The zero-order valence-corrected chi connectivity index (χ0v) is 10.0. The average molecular weight is 251 g/mol. The Morgan fingerprint density at radius 1 is 0.895 bits per heavy atom. The van der Waals surface area contributed by atoms with Crippen molar-refractivity contribution in [2.45, 2.75) is 0 Å². The van der Waals surface area contributed by atoms with Gasteiger partial charge in [-0.15, -0.1) is 0 Å². The molecule has 0 bridgehead atoms. The van der Waals surface area contributed by atoms with E-state index < -0.39 is 5.82 Å². The summed E-state index contributed by atoms with van der Waals surface area (Å²) in [4.78, 5) is 16.4. The molecule has 0 unspecified atom stereocenters. The van der Waals surface area contributed by atoms with Gasteiger partial charge in [-0.3, -0.25) is 9.78 Å². The molecule has 2 aromatic carbocycles. The molecule has 0 spiro atoms. The van der Waals surface area contributed by atoms with Crippen molar-refractivity contribution < 1.29 is 9.18 Å². The second-order valence-corrected chi connectivity index (χ2v) is 4.22. The van der Waals surface area contributed by atoms with Gasteiger partial charge in [-0.2, -0.15) is 0 Å². The molecule has 0 fully saturated rings. The number of carbonyl (C=O) groups excluding carboxylic acids is 1. The van der Waals surface area contributed by atoms with Crippen molar-refractivity contribution in [2.75, 3.05) is 0 Å². The summed E-state index contributed by atoms with van der Waals surface area (Å²) in [5, 5.41) is 1.65. The Kier molecular flexibility index (Phi) is 2.80. The number of fused-ring (bicyclic) bond motifs is 1. The summed E-state index contributed by atoms with van der Waals surface area (Å²) >= 11 is 0. The fourth-order valence-corrected chi connectivity index (χ4v) is 2.09. The molecule has 3 rings (SSSR count). The van der Waals surface area contributed by atoms with E-state index in [1.165, 1.54) is 18.3 Å². The molecule has 0 saturated carbocycles. The van der Waals surface area contributed by atoms with Crippen LogP contribution in [-0.2, 0) is 0 Å². The summed E-state index contributed by atoms with van der Waals surface area (Å²) in [6, 6.07) is 13.4. The number of hydrogen-bond donors (Lipinski definition) is 0. The van der Waals surface area contributed by atoms with Crippen LogP contribution in [-0.4, -0.2) is 10.8 Å². The van der Waals surface area contributed by atoms with Crippen LogP contribution < -0.4 is 0 Å². The maximum absolute atomic E-state index is 13.7. The van der Waals surface area contributed by atoms with Gasteiger partial charge in [0.05, 0.1) is 5.56 Å². The van der Waals surface area contributed by atoms with Gasteiger partial charge in [-0.1, -0.05) is 36.4 Å². The van der Waals surface area contributed by atoms with E-state index in [4.69, 9.17) is 0 Å². The maximum atomic E-state index is 13.7. The van der Waals surface area contributed by atoms with Crippen LogP contribution in [0.1, 0.15) is 15.9 Å². The molecule has 1 aromatic heterocycles. The van der Waals surface area contributed by atoms with Crippen molar-refractivity contribution in [2.24, 2.45) is 0 Å². The van der Waals surface area contributed by atoms with Crippen molar-refractivity contribution in [1.82, 2.24) is 4.98 Å². The fourth-order valence-electron chi connectivity index (χ4n) is 2.09. The zero-order chi connectivity index (χ0) is 13.2. The monoisotopic (exact) mass is 251 g/mol. The zero-order valence-electron chi connectivity index (χ0n) is 10.0. The van der Waals surface area contributed by atoms with Gasteiger partial charge < -0.3 is 0 Å². The number of carbonyl (C=O) groups is 1. The molecule has 0 aliphatic rings. The lowest BCUT2D eigenvalue weighted by atomic mass is 9.99. The SMILES string of the molecule is O=C(c1ccccc1F)c1cncc2ccccc12. The summed E-state index contributed by atoms with van der Waals surface area (Å²) in [5.41, 5.74) is 0.490. The van der Waals surface area contributed by atoms with E-state index in [1.54, 1.807) is 18.3 Å². The number of aromatic nitrogens is 1. The lowest BCUT2D eigenvalue weighted by Gasteiger charge is -2.05. The second-order valence-electron chi connectivity index (χ2n) is 4.22. The van der Waals surface area contributed by atoms with E-state index in [-0.39, 0.29) is 11.3 Å². The largest absolute Gasteiger partial charge is 0.288 e. The van der Waals surface area contributed by atoms with Crippen molar-refractivity contribution in [3.05, 3.63) is 77.9 Å². The summed E-state index contributed by atoms with van der Waals surface area (Å²) in [5.74, 6) is -0.858. The highest BCUT2D eigenvalue weighted by atomic mass is 19.1. The molecular formula is C16H10FNO. The third kappa shape index (κ3) is 1.99. The standard InChI is InChI=1S/C16H10FNO/c17-15-8-4-3-7-13(15)16(19)14-10-18-9-11-5-1-2-6-12(11)14/h1-10H. The normalized spacial score (nSPS) is 10.6. The smallest absolute Gasteiger partial charge is 0.198 e. The maximum Gasteiger partial charge on any atom is 0.198 e. The fraction of sp³-hybridized carbons (Fsp3) is 0. The summed E-state index contributed by atoms with van der Waals surface area (Å²) in [6.07, 6.45) is 3.17. The Balaban J connectivity index is 2.20. The highest BCUT2D eigenvalue weighted by molar-refractivity contribution is 6.16. The number of benzene rings is 2. The number of nitrogens with zero attached hydrogens (tertiary/aromatic N) is 1. The minimum atomic E-state index is -0.513. The minimum Gasteiger partial charge on any atom is -0.288 e. The van der Waals surface area contributed by atoms with E-state index in [0.29, 0.717) is 5.56 Å². The third-order valence-electron chi connectivity index (χ3n) is 3.03. The molecule has 3 aromatic rings. The first-order valence-electron chi connectivity index (χ1n) is 5.89. The molecule has 1 heterocycles. The van der Waals surface area contributed by atoms with E-state index in [9.17, 15) is 9.18 Å². The van der Waals surface area contributed by atoms with E-state index in [1.807, 2.05) is 24.3 Å². The Morgan fingerprint density at radius 2 is 1.63 bits per heavy atom. The highest BCUT2D eigenvalue weighted by Gasteiger charge is 2.15. The lowest BCUT2D eigenvalue weighted by Crippen LogP contribution is -2.05. The molecule has 92 valence electrons. The molecule has 0 atom stereocenters. The van der Waals surface area contributed by atoms with E-state index in [0.717, 1.165) is 10.8 Å². The molecule has 0 radical (unpaired) electrons. The van der Waals surface area contributed by atoms with Gasteiger partial charge in [-0.25, -0.2) is 4.39 Å². The van der Waals surface area contributed by atoms with Crippen molar-refractivity contribution in [3.63, 3.8) is 0 Å². The molecule has 0 N–H and O–H groups in total. The predicted octanol–water partition coefficient (Wildman–Crippen LogP) is 3.60. The Bertz CT molecular complexity index is 762. The van der Waals surface area contributed by atoms with Crippen molar-refractivity contribution >= 4 is 16.6 Å². The topological polar surface area (TPSA) is 30.0 Å². The van der Waals surface area contributed by atoms with Gasteiger partial charge in [0.2, 0.25) is 0 Å². The van der Waals surface area contributed by atoms with Crippen molar-refractivity contribution in [3.8, 4) is 0 Å². The van der Waals surface area contributed by atoms with Crippen LogP contribution in [0.5, 0.6) is 0 Å². The number of pyridine rings is 1. The van der Waals surface area contributed by atoms with Crippen LogP contribution in [0.3, 0.4) is 0 Å². The van der Waals surface area contributed by atoms with Gasteiger partial charge >= 0.3 is 0 Å². The molecule has 0 saturated heterocycles. The molecule has 0 aliphatic carbocycles. The molecule has 2 nitrogen and oxygen atoms in total. The second kappa shape index (κ2) is 4.61. The predicted molar refractivity (Wildman–Crippen MR) is 71.6 cm³/mol. The van der Waals surface area contributed by atoms with Gasteiger partial charge in [-0.05, 0) is 17.5 Å². The molecule has 19 heavy (non-hydrogen) atoms. The average Bonchev–Trinajstić information content (AvgIpc) is 2.46. The van der Waals surface area contributed by atoms with Gasteiger partial charge in [0.1, 0.15) is 5.82 Å². The van der Waals surface area contributed by atoms with Crippen LogP contribution in [0.4, 0.5) is 4.39 Å². The number of rotatable bonds is 2. The first kappa shape index (κ1) is 11.5. The van der Waals surface area contributed by atoms with Crippen LogP contribution in [0.2, 0.25) is 0 Å². The van der Waals surface area contributed by atoms with Crippen LogP contribution in [0, 0.1) is 5.82 Å². The Labute approximate surface area is 109 Å². The Morgan fingerprint density at radius 3 is 2.47 bits per heavy atom. The molecule has 3 heteroatoms. The molecule has 0 amide bonds. The number of ketones is 1. The van der Waals surface area contributed by atoms with Crippen LogP contribution in [0.15, 0.2) is 60.9 Å². The van der Waals surface area contributed by atoms with E-state index in [2.05, 4.69) is 4.98 Å². The summed E-state index contributed by atoms with van der Waals surface area (Å²) < 4.78 is 13.7. The van der Waals surface area contributed by atoms with Crippen LogP contribution >= 0.6 is 0 Å².